The summed E-state index contributed by atoms with van der Waals surface area (Å²) in [6, 6.07) is 6.44. The van der Waals surface area contributed by atoms with Crippen LogP contribution in [-0.4, -0.2) is 61.5 Å². The van der Waals surface area contributed by atoms with Crippen molar-refractivity contribution >= 4 is 27.3 Å². The smallest absolute Gasteiger partial charge is 0.288 e. The number of alkyl halides is 1. The maximum Gasteiger partial charge on any atom is 0.288 e. The van der Waals surface area contributed by atoms with Gasteiger partial charge in [-0.25, -0.2) is 17.5 Å². The van der Waals surface area contributed by atoms with E-state index in [0.717, 1.165) is 28.4 Å². The van der Waals surface area contributed by atoms with E-state index in [1.807, 2.05) is 6.07 Å². The SMILES string of the molecule is N#Cc1ccc(S(=O)(=O)N2CC[C@@H](n3ncc(NCC4CCCOC4)c(Cl)c3=O)[C@H](F)C2)cc1. The lowest BCUT2D eigenvalue weighted by Crippen LogP contribution is -2.47. The molecule has 34 heavy (non-hydrogen) atoms. The summed E-state index contributed by atoms with van der Waals surface area (Å²) in [6.07, 6.45) is 1.81. The van der Waals surface area contributed by atoms with Gasteiger partial charge in [0.15, 0.2) is 0 Å². The lowest BCUT2D eigenvalue weighted by Gasteiger charge is -2.34. The Morgan fingerprint density at radius 1 is 1.29 bits per heavy atom. The van der Waals surface area contributed by atoms with E-state index in [-0.39, 0.29) is 22.9 Å². The Morgan fingerprint density at radius 3 is 2.71 bits per heavy atom. The van der Waals surface area contributed by atoms with Gasteiger partial charge in [0.1, 0.15) is 11.2 Å². The molecule has 0 amide bonds. The van der Waals surface area contributed by atoms with E-state index in [0.29, 0.717) is 30.3 Å². The molecule has 2 aromatic rings. The first-order chi connectivity index (χ1) is 16.3. The average molecular weight is 510 g/mol. The highest BCUT2D eigenvalue weighted by molar-refractivity contribution is 7.89. The topological polar surface area (TPSA) is 117 Å². The van der Waals surface area contributed by atoms with E-state index >= 15 is 4.39 Å². The van der Waals surface area contributed by atoms with Crippen molar-refractivity contribution in [3.63, 3.8) is 0 Å². The molecule has 2 fully saturated rings. The largest absolute Gasteiger partial charge is 0.382 e. The summed E-state index contributed by atoms with van der Waals surface area (Å²) in [7, 11) is -3.94. The molecule has 0 saturated carbocycles. The van der Waals surface area contributed by atoms with Gasteiger partial charge in [0, 0.05) is 26.2 Å². The van der Waals surface area contributed by atoms with Gasteiger partial charge in [-0.05, 0) is 49.4 Å². The fourth-order valence-corrected chi connectivity index (χ4v) is 5.90. The van der Waals surface area contributed by atoms with E-state index in [2.05, 4.69) is 10.4 Å². The maximum absolute atomic E-state index is 15.1. The molecule has 0 bridgehead atoms. The number of benzene rings is 1. The summed E-state index contributed by atoms with van der Waals surface area (Å²) in [5.41, 5.74) is 0.0840. The van der Waals surface area contributed by atoms with Crippen LogP contribution in [0.2, 0.25) is 5.02 Å². The summed E-state index contributed by atoms with van der Waals surface area (Å²) < 4.78 is 48.4. The quantitative estimate of drug-likeness (QED) is 0.636. The number of halogens is 2. The molecule has 0 aliphatic carbocycles. The third-order valence-corrected chi connectivity index (χ3v) is 8.43. The van der Waals surface area contributed by atoms with Crippen molar-refractivity contribution < 1.29 is 17.5 Å². The number of anilines is 1. The summed E-state index contributed by atoms with van der Waals surface area (Å²) >= 11 is 6.27. The number of piperidine rings is 1. The van der Waals surface area contributed by atoms with Crippen LogP contribution in [0.4, 0.5) is 10.1 Å². The third kappa shape index (κ3) is 5.10. The van der Waals surface area contributed by atoms with Crippen LogP contribution >= 0.6 is 11.6 Å². The zero-order chi connectivity index (χ0) is 24.3. The fourth-order valence-electron chi connectivity index (χ4n) is 4.24. The third-order valence-electron chi connectivity index (χ3n) is 6.18. The number of nitrogens with zero attached hydrogens (tertiary/aromatic N) is 4. The molecule has 2 saturated heterocycles. The number of hydrogen-bond donors (Lipinski definition) is 1. The molecule has 9 nitrogen and oxygen atoms in total. The van der Waals surface area contributed by atoms with Crippen molar-refractivity contribution in [2.75, 3.05) is 38.2 Å². The van der Waals surface area contributed by atoms with Gasteiger partial charge in [-0.15, -0.1) is 0 Å². The van der Waals surface area contributed by atoms with Crippen LogP contribution in [0.25, 0.3) is 0 Å². The molecule has 12 heteroatoms. The Bertz CT molecular complexity index is 1230. The Kier molecular flexibility index (Phi) is 7.52. The zero-order valence-electron chi connectivity index (χ0n) is 18.4. The van der Waals surface area contributed by atoms with Gasteiger partial charge >= 0.3 is 0 Å². The van der Waals surface area contributed by atoms with Crippen LogP contribution in [0.3, 0.4) is 0 Å². The Hall–Kier alpha value is -2.52. The number of nitrogens with one attached hydrogen (secondary N) is 1. The van der Waals surface area contributed by atoms with Crippen molar-refractivity contribution in [3.05, 3.63) is 51.4 Å². The molecule has 3 atom stereocenters. The molecule has 3 heterocycles. The zero-order valence-corrected chi connectivity index (χ0v) is 19.9. The van der Waals surface area contributed by atoms with Crippen LogP contribution in [-0.2, 0) is 14.8 Å². The standard InChI is InChI=1S/C22H25ClFN5O4S/c23-21-19(26-11-16-2-1-9-33-14-16)12-27-29(22(21)30)20-7-8-28(13-18(20)24)34(31,32)17-5-3-15(10-25)4-6-17/h3-6,12,16,18,20,26H,1-2,7-9,11,13-14H2/t16?,18-,20-/m1/s1. The van der Waals surface area contributed by atoms with Crippen molar-refractivity contribution in [2.45, 2.75) is 36.4 Å². The minimum absolute atomic E-state index is 0.0147. The molecule has 4 rings (SSSR count). The molecule has 1 aromatic heterocycles. The molecule has 1 N–H and O–H groups in total. The van der Waals surface area contributed by atoms with Gasteiger partial charge in [0.2, 0.25) is 10.0 Å². The lowest BCUT2D eigenvalue weighted by molar-refractivity contribution is 0.0595. The molecule has 0 spiro atoms. The predicted molar refractivity (Wildman–Crippen MR) is 124 cm³/mol. The van der Waals surface area contributed by atoms with Crippen molar-refractivity contribution in [1.29, 1.82) is 5.26 Å². The lowest BCUT2D eigenvalue weighted by atomic mass is 10.0. The van der Waals surface area contributed by atoms with Crippen LogP contribution in [0, 0.1) is 17.2 Å². The summed E-state index contributed by atoms with van der Waals surface area (Å²) in [4.78, 5) is 12.8. The van der Waals surface area contributed by atoms with E-state index in [4.69, 9.17) is 21.6 Å². The van der Waals surface area contributed by atoms with Crippen LogP contribution in [0.15, 0.2) is 40.2 Å². The van der Waals surface area contributed by atoms with Gasteiger partial charge in [-0.1, -0.05) is 11.6 Å². The Labute approximate surface area is 202 Å². The van der Waals surface area contributed by atoms with Crippen LogP contribution < -0.4 is 10.9 Å². The number of nitriles is 1. The fraction of sp³-hybridized carbons (Fsp3) is 0.500. The van der Waals surface area contributed by atoms with Gasteiger partial charge in [-0.2, -0.15) is 14.7 Å². The molecule has 1 unspecified atom stereocenters. The maximum atomic E-state index is 15.1. The molecule has 2 aliphatic rings. The van der Waals surface area contributed by atoms with Gasteiger partial charge in [0.25, 0.3) is 5.56 Å². The Balaban J connectivity index is 1.45. The second-order valence-corrected chi connectivity index (χ2v) is 10.8. The normalized spacial score (nSPS) is 23.9. The number of ether oxygens (including phenoxy) is 1. The number of aromatic nitrogens is 2. The van der Waals surface area contributed by atoms with Gasteiger partial charge < -0.3 is 10.1 Å². The number of rotatable bonds is 6. The first kappa shape index (κ1) is 24.6. The number of hydrogen-bond acceptors (Lipinski definition) is 7. The summed E-state index contributed by atoms with van der Waals surface area (Å²) in [6.45, 7) is 1.58. The van der Waals surface area contributed by atoms with Crippen LogP contribution in [0.1, 0.15) is 30.9 Å². The Morgan fingerprint density at radius 2 is 2.06 bits per heavy atom. The van der Waals surface area contributed by atoms with Gasteiger partial charge in [-0.3, -0.25) is 4.79 Å². The van der Waals surface area contributed by atoms with Crippen molar-refractivity contribution in [1.82, 2.24) is 14.1 Å². The highest BCUT2D eigenvalue weighted by atomic mass is 35.5. The van der Waals surface area contributed by atoms with Crippen molar-refractivity contribution in [3.8, 4) is 6.07 Å². The molecular weight excluding hydrogens is 485 g/mol. The second kappa shape index (κ2) is 10.4. The first-order valence-corrected chi connectivity index (χ1v) is 12.9. The molecule has 2 aliphatic heterocycles. The predicted octanol–water partition coefficient (Wildman–Crippen LogP) is 2.58. The molecular formula is C22H25ClFN5O4S. The first-order valence-electron chi connectivity index (χ1n) is 11.0. The van der Waals surface area contributed by atoms with E-state index in [9.17, 15) is 13.2 Å². The van der Waals surface area contributed by atoms with E-state index in [1.54, 1.807) is 0 Å². The van der Waals surface area contributed by atoms with Crippen LogP contribution in [0.5, 0.6) is 0 Å². The number of sulfonamides is 1. The summed E-state index contributed by atoms with van der Waals surface area (Å²) in [5.74, 6) is 0.310. The minimum Gasteiger partial charge on any atom is -0.382 e. The van der Waals surface area contributed by atoms with Crippen molar-refractivity contribution in [2.24, 2.45) is 5.92 Å². The van der Waals surface area contributed by atoms with E-state index in [1.165, 1.54) is 30.5 Å². The monoisotopic (exact) mass is 509 g/mol. The molecule has 0 radical (unpaired) electrons. The highest BCUT2D eigenvalue weighted by Crippen LogP contribution is 2.29. The van der Waals surface area contributed by atoms with Gasteiger partial charge in [0.05, 0.1) is 41.1 Å². The average Bonchev–Trinajstić information content (AvgIpc) is 2.86. The highest BCUT2D eigenvalue weighted by Gasteiger charge is 2.38. The molecule has 1 aromatic carbocycles. The minimum atomic E-state index is -3.94. The summed E-state index contributed by atoms with van der Waals surface area (Å²) in [5, 5.41) is 16.1. The van der Waals surface area contributed by atoms with E-state index < -0.39 is 34.3 Å². The second-order valence-electron chi connectivity index (χ2n) is 8.46. The molecule has 182 valence electrons.